The number of ether oxygens (including phenoxy) is 2. The van der Waals surface area contributed by atoms with Crippen molar-refractivity contribution >= 4 is 0 Å². The topological polar surface area (TPSA) is 58.9 Å². The van der Waals surface area contributed by atoms with Gasteiger partial charge in [0.25, 0.3) is 0 Å². The van der Waals surface area contributed by atoms with Crippen molar-refractivity contribution in [2.45, 2.75) is 38.8 Å². The molecule has 0 radical (unpaired) electrons. The zero-order valence-electron chi connectivity index (χ0n) is 7.86. The summed E-state index contributed by atoms with van der Waals surface area (Å²) in [5.74, 6) is 0. The first-order valence-electron chi connectivity index (χ1n) is 4.24. The van der Waals surface area contributed by atoms with Crippen LogP contribution in [-0.4, -0.2) is 42.4 Å². The van der Waals surface area contributed by atoms with Gasteiger partial charge in [-0.15, -0.1) is 0 Å². The van der Waals surface area contributed by atoms with Crippen molar-refractivity contribution in [3.05, 3.63) is 0 Å². The molecular weight excluding hydrogens is 160 g/mol. The molecule has 0 spiro atoms. The zero-order chi connectivity index (χ0) is 9.56. The van der Waals surface area contributed by atoms with Crippen LogP contribution in [0.25, 0.3) is 0 Å². The van der Waals surface area contributed by atoms with E-state index in [-0.39, 0.29) is 6.10 Å². The summed E-state index contributed by atoms with van der Waals surface area (Å²) in [6.07, 6.45) is -1.49. The summed E-state index contributed by atoms with van der Waals surface area (Å²) in [5.41, 5.74) is 0. The van der Waals surface area contributed by atoms with Gasteiger partial charge in [-0.05, 0) is 0 Å². The van der Waals surface area contributed by atoms with E-state index in [0.29, 0.717) is 13.0 Å². The third kappa shape index (κ3) is 3.49. The molecule has 0 aromatic heterocycles. The average Bonchev–Trinajstić information content (AvgIpc) is 2.13. The summed E-state index contributed by atoms with van der Waals surface area (Å²) < 4.78 is 9.69. The van der Waals surface area contributed by atoms with E-state index in [9.17, 15) is 0 Å². The second kappa shape index (κ2) is 6.37. The van der Waals surface area contributed by atoms with Gasteiger partial charge < -0.3 is 19.7 Å². The first-order valence-corrected chi connectivity index (χ1v) is 4.24. The Bertz CT molecular complexity index is 107. The van der Waals surface area contributed by atoms with Gasteiger partial charge in [0.1, 0.15) is 6.10 Å². The summed E-state index contributed by atoms with van der Waals surface area (Å²) in [7, 11) is 1.55. The Morgan fingerprint density at radius 2 is 1.92 bits per heavy atom. The molecule has 0 aliphatic carbocycles. The second-order valence-electron chi connectivity index (χ2n) is 2.38. The van der Waals surface area contributed by atoms with Crippen molar-refractivity contribution in [1.29, 1.82) is 0 Å². The lowest BCUT2D eigenvalue weighted by atomic mass is 10.1. The minimum Gasteiger partial charge on any atom is -0.388 e. The number of rotatable bonds is 1. The molecule has 4 nitrogen and oxygen atoms in total. The van der Waals surface area contributed by atoms with Gasteiger partial charge in [-0.2, -0.15) is 0 Å². The van der Waals surface area contributed by atoms with E-state index in [1.54, 1.807) is 7.11 Å². The molecule has 3 atom stereocenters. The van der Waals surface area contributed by atoms with E-state index >= 15 is 0 Å². The lowest BCUT2D eigenvalue weighted by molar-refractivity contribution is -0.215. The fourth-order valence-corrected chi connectivity index (χ4v) is 0.935. The molecule has 0 bridgehead atoms. The maximum Gasteiger partial charge on any atom is 0.181 e. The highest BCUT2D eigenvalue weighted by Gasteiger charge is 2.27. The van der Waals surface area contributed by atoms with Crippen molar-refractivity contribution < 1.29 is 19.7 Å². The number of hydrogen-bond acceptors (Lipinski definition) is 4. The lowest BCUT2D eigenvalue weighted by Gasteiger charge is -2.28. The Balaban J connectivity index is 0.000000561. The molecule has 1 fully saturated rings. The van der Waals surface area contributed by atoms with Crippen LogP contribution >= 0.6 is 0 Å². The molecule has 1 saturated heterocycles. The van der Waals surface area contributed by atoms with Crippen molar-refractivity contribution in [3.8, 4) is 0 Å². The van der Waals surface area contributed by atoms with E-state index in [0.717, 1.165) is 0 Å². The SMILES string of the molecule is CC.COC1COC(O)C(O)C1. The summed E-state index contributed by atoms with van der Waals surface area (Å²) in [6, 6.07) is 0. The van der Waals surface area contributed by atoms with Crippen LogP contribution < -0.4 is 0 Å². The highest BCUT2D eigenvalue weighted by Crippen LogP contribution is 2.13. The van der Waals surface area contributed by atoms with Gasteiger partial charge in [0.05, 0.1) is 12.7 Å². The monoisotopic (exact) mass is 178 g/mol. The van der Waals surface area contributed by atoms with Crippen LogP contribution in [0.3, 0.4) is 0 Å². The van der Waals surface area contributed by atoms with Crippen molar-refractivity contribution in [3.63, 3.8) is 0 Å². The van der Waals surface area contributed by atoms with Crippen LogP contribution in [0.1, 0.15) is 20.3 Å². The van der Waals surface area contributed by atoms with Gasteiger partial charge in [0.15, 0.2) is 6.29 Å². The maximum absolute atomic E-state index is 9.02. The molecule has 1 aliphatic rings. The number of hydrogen-bond donors (Lipinski definition) is 2. The van der Waals surface area contributed by atoms with E-state index < -0.39 is 12.4 Å². The third-order valence-corrected chi connectivity index (χ3v) is 1.62. The minimum atomic E-state index is -1.04. The van der Waals surface area contributed by atoms with Gasteiger partial charge in [-0.25, -0.2) is 0 Å². The molecule has 0 amide bonds. The fourth-order valence-electron chi connectivity index (χ4n) is 0.935. The van der Waals surface area contributed by atoms with Gasteiger partial charge in [0.2, 0.25) is 0 Å². The standard InChI is InChI=1S/C6H12O4.C2H6/c1-9-4-2-5(7)6(8)10-3-4;1-2/h4-8H,2-3H2,1H3;1-2H3. The number of aliphatic hydroxyl groups is 2. The number of methoxy groups -OCH3 is 1. The van der Waals surface area contributed by atoms with E-state index in [1.807, 2.05) is 13.8 Å². The summed E-state index contributed by atoms with van der Waals surface area (Å²) in [5, 5.41) is 17.9. The van der Waals surface area contributed by atoms with Crippen LogP contribution in [0, 0.1) is 0 Å². The van der Waals surface area contributed by atoms with Gasteiger partial charge in [-0.1, -0.05) is 13.8 Å². The first kappa shape index (κ1) is 11.8. The predicted molar refractivity (Wildman–Crippen MR) is 44.7 cm³/mol. The molecule has 1 aliphatic heterocycles. The Morgan fingerprint density at radius 1 is 1.33 bits per heavy atom. The van der Waals surface area contributed by atoms with Gasteiger partial charge >= 0.3 is 0 Å². The molecule has 74 valence electrons. The number of aliphatic hydroxyl groups excluding tert-OH is 2. The largest absolute Gasteiger partial charge is 0.388 e. The van der Waals surface area contributed by atoms with Crippen molar-refractivity contribution in [2.75, 3.05) is 13.7 Å². The van der Waals surface area contributed by atoms with E-state index in [1.165, 1.54) is 0 Å². The summed E-state index contributed by atoms with van der Waals surface area (Å²) in [4.78, 5) is 0. The molecule has 12 heavy (non-hydrogen) atoms. The summed E-state index contributed by atoms with van der Waals surface area (Å²) in [6.45, 7) is 4.36. The third-order valence-electron chi connectivity index (χ3n) is 1.62. The molecule has 4 heteroatoms. The Labute approximate surface area is 73.1 Å². The normalized spacial score (nSPS) is 35.2. The van der Waals surface area contributed by atoms with E-state index in [2.05, 4.69) is 0 Å². The molecule has 1 rings (SSSR count). The van der Waals surface area contributed by atoms with E-state index in [4.69, 9.17) is 19.7 Å². The zero-order valence-corrected chi connectivity index (χ0v) is 7.86. The van der Waals surface area contributed by atoms with Crippen LogP contribution in [0.15, 0.2) is 0 Å². The Hall–Kier alpha value is -0.160. The van der Waals surface area contributed by atoms with Crippen LogP contribution in [-0.2, 0) is 9.47 Å². The van der Waals surface area contributed by atoms with Crippen molar-refractivity contribution in [2.24, 2.45) is 0 Å². The molecule has 0 aromatic rings. The Kier molecular flexibility index (Phi) is 6.28. The molecule has 0 aromatic carbocycles. The molecule has 2 N–H and O–H groups in total. The molecular formula is C8H18O4. The average molecular weight is 178 g/mol. The van der Waals surface area contributed by atoms with Crippen LogP contribution in [0.4, 0.5) is 0 Å². The molecule has 0 saturated carbocycles. The van der Waals surface area contributed by atoms with Crippen LogP contribution in [0.5, 0.6) is 0 Å². The predicted octanol–water partition coefficient (Wildman–Crippen LogP) is 0.127. The molecule has 1 heterocycles. The van der Waals surface area contributed by atoms with Crippen molar-refractivity contribution in [1.82, 2.24) is 0 Å². The van der Waals surface area contributed by atoms with Crippen LogP contribution in [0.2, 0.25) is 0 Å². The maximum atomic E-state index is 9.02. The van der Waals surface area contributed by atoms with Gasteiger partial charge in [0, 0.05) is 13.5 Å². The highest BCUT2D eigenvalue weighted by molar-refractivity contribution is 4.71. The Morgan fingerprint density at radius 3 is 2.33 bits per heavy atom. The first-order chi connectivity index (χ1) is 5.74. The smallest absolute Gasteiger partial charge is 0.181 e. The summed E-state index contributed by atoms with van der Waals surface area (Å²) >= 11 is 0. The fraction of sp³-hybridized carbons (Fsp3) is 1.00. The highest BCUT2D eigenvalue weighted by atomic mass is 16.6. The second-order valence-corrected chi connectivity index (χ2v) is 2.38. The lowest BCUT2D eigenvalue weighted by Crippen LogP contribution is -2.41. The van der Waals surface area contributed by atoms with Gasteiger partial charge in [-0.3, -0.25) is 0 Å². The molecule has 3 unspecified atom stereocenters. The quantitative estimate of drug-likeness (QED) is 0.599. The minimum absolute atomic E-state index is 0.0848.